The van der Waals surface area contributed by atoms with E-state index in [1.165, 1.54) is 17.0 Å². The number of carbonyl (C=O) groups excluding carboxylic acids is 2. The van der Waals surface area contributed by atoms with Crippen molar-refractivity contribution in [1.29, 1.82) is 0 Å². The number of piperazine rings is 1. The Labute approximate surface area is 127 Å². The van der Waals surface area contributed by atoms with Crippen molar-refractivity contribution in [2.45, 2.75) is 38.4 Å². The van der Waals surface area contributed by atoms with Crippen LogP contribution in [0, 0.1) is 11.7 Å². The van der Waals surface area contributed by atoms with E-state index in [4.69, 9.17) is 11.6 Å². The lowest BCUT2D eigenvalue weighted by Gasteiger charge is -2.37. The van der Waals surface area contributed by atoms with Crippen molar-refractivity contribution in [3.8, 4) is 0 Å². The average Bonchev–Trinajstić information content (AvgIpc) is 3.25. The summed E-state index contributed by atoms with van der Waals surface area (Å²) in [6, 6.07) is 3.10. The SMILES string of the molecule is CC1C(=O)NC(C2CC2)C(=O)N1Cc1ccc(F)cc1Cl. The van der Waals surface area contributed by atoms with Crippen LogP contribution in [0.4, 0.5) is 4.39 Å². The van der Waals surface area contributed by atoms with Gasteiger partial charge in [-0.15, -0.1) is 0 Å². The molecule has 2 unspecified atom stereocenters. The first kappa shape index (κ1) is 14.3. The Morgan fingerprint density at radius 2 is 2.10 bits per heavy atom. The molecule has 3 rings (SSSR count). The Bertz CT molecular complexity index is 603. The zero-order chi connectivity index (χ0) is 15.1. The molecule has 1 aliphatic heterocycles. The van der Waals surface area contributed by atoms with Crippen LogP contribution in [0.25, 0.3) is 0 Å². The molecule has 1 aromatic rings. The van der Waals surface area contributed by atoms with Crippen LogP contribution in [-0.2, 0) is 16.1 Å². The smallest absolute Gasteiger partial charge is 0.246 e. The molecular weight excluding hydrogens is 295 g/mol. The average molecular weight is 311 g/mol. The van der Waals surface area contributed by atoms with E-state index in [-0.39, 0.29) is 29.3 Å². The van der Waals surface area contributed by atoms with Crippen LogP contribution < -0.4 is 5.32 Å². The number of nitrogens with one attached hydrogen (secondary N) is 1. The van der Waals surface area contributed by atoms with Gasteiger partial charge in [-0.3, -0.25) is 9.59 Å². The number of nitrogens with zero attached hydrogens (tertiary/aromatic N) is 1. The van der Waals surface area contributed by atoms with Gasteiger partial charge in [-0.25, -0.2) is 4.39 Å². The van der Waals surface area contributed by atoms with Gasteiger partial charge in [0.15, 0.2) is 0 Å². The van der Waals surface area contributed by atoms with Crippen molar-refractivity contribution in [2.24, 2.45) is 5.92 Å². The van der Waals surface area contributed by atoms with E-state index < -0.39 is 17.9 Å². The topological polar surface area (TPSA) is 49.4 Å². The van der Waals surface area contributed by atoms with Crippen LogP contribution in [0.1, 0.15) is 25.3 Å². The van der Waals surface area contributed by atoms with Gasteiger partial charge >= 0.3 is 0 Å². The summed E-state index contributed by atoms with van der Waals surface area (Å²) in [5.74, 6) is -0.398. The summed E-state index contributed by atoms with van der Waals surface area (Å²) in [6.07, 6.45) is 1.94. The quantitative estimate of drug-likeness (QED) is 0.929. The van der Waals surface area contributed by atoms with Crippen molar-refractivity contribution in [3.05, 3.63) is 34.6 Å². The molecular formula is C15H16ClFN2O2. The highest BCUT2D eigenvalue weighted by Crippen LogP contribution is 2.35. The third-order valence-corrected chi connectivity index (χ3v) is 4.49. The Morgan fingerprint density at radius 1 is 1.38 bits per heavy atom. The van der Waals surface area contributed by atoms with Crippen LogP contribution in [0.5, 0.6) is 0 Å². The standard InChI is InChI=1S/C15H16ClFN2O2/c1-8-14(20)18-13(9-2-3-9)15(21)19(8)7-10-4-5-11(17)6-12(10)16/h4-6,8-9,13H,2-3,7H2,1H3,(H,18,20). The Morgan fingerprint density at radius 3 is 2.71 bits per heavy atom. The Balaban J connectivity index is 1.84. The maximum atomic E-state index is 13.1. The van der Waals surface area contributed by atoms with E-state index in [0.29, 0.717) is 5.56 Å². The Kier molecular flexibility index (Phi) is 3.61. The zero-order valence-corrected chi connectivity index (χ0v) is 12.4. The third-order valence-electron chi connectivity index (χ3n) is 4.14. The van der Waals surface area contributed by atoms with Gasteiger partial charge in [-0.05, 0) is 43.4 Å². The largest absolute Gasteiger partial charge is 0.342 e. The van der Waals surface area contributed by atoms with E-state index >= 15 is 0 Å². The van der Waals surface area contributed by atoms with E-state index in [1.54, 1.807) is 13.0 Å². The van der Waals surface area contributed by atoms with Gasteiger partial charge in [0.1, 0.15) is 17.9 Å². The molecule has 1 aromatic carbocycles. The maximum Gasteiger partial charge on any atom is 0.246 e. The van der Waals surface area contributed by atoms with Crippen LogP contribution in [0.3, 0.4) is 0 Å². The first-order valence-electron chi connectivity index (χ1n) is 7.02. The predicted molar refractivity (Wildman–Crippen MR) is 76.1 cm³/mol. The first-order valence-corrected chi connectivity index (χ1v) is 7.40. The summed E-state index contributed by atoms with van der Waals surface area (Å²) in [4.78, 5) is 26.1. The summed E-state index contributed by atoms with van der Waals surface area (Å²) in [7, 11) is 0. The summed E-state index contributed by atoms with van der Waals surface area (Å²) >= 11 is 6.01. The lowest BCUT2D eigenvalue weighted by atomic mass is 10.0. The molecule has 0 aromatic heterocycles. The van der Waals surface area contributed by atoms with Gasteiger partial charge in [0.2, 0.25) is 11.8 Å². The van der Waals surface area contributed by atoms with Crippen molar-refractivity contribution >= 4 is 23.4 Å². The van der Waals surface area contributed by atoms with Crippen molar-refractivity contribution < 1.29 is 14.0 Å². The number of halogens is 2. The van der Waals surface area contributed by atoms with E-state index in [1.807, 2.05) is 0 Å². The molecule has 2 fully saturated rings. The molecule has 6 heteroatoms. The maximum absolute atomic E-state index is 13.1. The van der Waals surface area contributed by atoms with Crippen LogP contribution >= 0.6 is 11.6 Å². The fourth-order valence-electron chi connectivity index (χ4n) is 2.64. The first-order chi connectivity index (χ1) is 9.97. The minimum Gasteiger partial charge on any atom is -0.342 e. The van der Waals surface area contributed by atoms with E-state index in [9.17, 15) is 14.0 Å². The molecule has 4 nitrogen and oxygen atoms in total. The van der Waals surface area contributed by atoms with Crippen molar-refractivity contribution in [3.63, 3.8) is 0 Å². The molecule has 2 atom stereocenters. The molecule has 2 aliphatic rings. The molecule has 0 spiro atoms. The molecule has 1 saturated heterocycles. The van der Waals surface area contributed by atoms with E-state index in [2.05, 4.69) is 5.32 Å². The van der Waals surface area contributed by atoms with Gasteiger partial charge in [-0.1, -0.05) is 17.7 Å². The second kappa shape index (κ2) is 5.30. The number of hydrogen-bond acceptors (Lipinski definition) is 2. The summed E-state index contributed by atoms with van der Waals surface area (Å²) < 4.78 is 13.1. The number of carbonyl (C=O) groups is 2. The summed E-state index contributed by atoms with van der Waals surface area (Å²) in [5, 5.41) is 3.06. The Hall–Kier alpha value is -1.62. The number of benzene rings is 1. The molecule has 1 heterocycles. The summed E-state index contributed by atoms with van der Waals surface area (Å²) in [6.45, 7) is 1.91. The van der Waals surface area contributed by atoms with Gasteiger partial charge in [0, 0.05) is 11.6 Å². The predicted octanol–water partition coefficient (Wildman–Crippen LogP) is 2.10. The van der Waals surface area contributed by atoms with Crippen LogP contribution in [-0.4, -0.2) is 28.8 Å². The number of rotatable bonds is 3. The monoisotopic (exact) mass is 310 g/mol. The minimum atomic E-state index is -0.548. The lowest BCUT2D eigenvalue weighted by Crippen LogP contribution is -2.62. The molecule has 0 radical (unpaired) electrons. The summed E-state index contributed by atoms with van der Waals surface area (Å²) in [5.41, 5.74) is 0.641. The second-order valence-corrected chi connectivity index (χ2v) is 6.11. The second-order valence-electron chi connectivity index (χ2n) is 5.70. The highest BCUT2D eigenvalue weighted by molar-refractivity contribution is 6.31. The van der Waals surface area contributed by atoms with Crippen LogP contribution in [0.2, 0.25) is 5.02 Å². The molecule has 1 saturated carbocycles. The highest BCUT2D eigenvalue weighted by atomic mass is 35.5. The van der Waals surface area contributed by atoms with E-state index in [0.717, 1.165) is 12.8 Å². The van der Waals surface area contributed by atoms with Gasteiger partial charge in [-0.2, -0.15) is 0 Å². The van der Waals surface area contributed by atoms with Crippen LogP contribution in [0.15, 0.2) is 18.2 Å². The van der Waals surface area contributed by atoms with Gasteiger partial charge in [0.05, 0.1) is 0 Å². The van der Waals surface area contributed by atoms with Gasteiger partial charge < -0.3 is 10.2 Å². The fraction of sp³-hybridized carbons (Fsp3) is 0.467. The van der Waals surface area contributed by atoms with Crippen molar-refractivity contribution in [1.82, 2.24) is 10.2 Å². The third kappa shape index (κ3) is 2.75. The lowest BCUT2D eigenvalue weighted by molar-refractivity contribution is -0.149. The molecule has 0 bridgehead atoms. The normalized spacial score (nSPS) is 26.0. The molecule has 1 aliphatic carbocycles. The number of amides is 2. The molecule has 2 amide bonds. The fourth-order valence-corrected chi connectivity index (χ4v) is 2.87. The highest BCUT2D eigenvalue weighted by Gasteiger charge is 2.45. The zero-order valence-electron chi connectivity index (χ0n) is 11.6. The van der Waals surface area contributed by atoms with Gasteiger partial charge in [0.25, 0.3) is 0 Å². The molecule has 21 heavy (non-hydrogen) atoms. The minimum absolute atomic E-state index is 0.0787. The van der Waals surface area contributed by atoms with Crippen molar-refractivity contribution in [2.75, 3.05) is 0 Å². The molecule has 112 valence electrons. The molecule has 1 N–H and O–H groups in total. The number of hydrogen-bond donors (Lipinski definition) is 1.